The molecule has 3 aromatic rings. The molecular formula is C27H30N6O2. The van der Waals surface area contributed by atoms with Gasteiger partial charge >= 0.3 is 0 Å². The van der Waals surface area contributed by atoms with Crippen LogP contribution in [0.2, 0.25) is 0 Å². The Morgan fingerprint density at radius 1 is 1.14 bits per heavy atom. The fourth-order valence-electron chi connectivity index (χ4n) is 5.12. The second-order valence-corrected chi connectivity index (χ2v) is 9.79. The van der Waals surface area contributed by atoms with Crippen LogP contribution in [-0.2, 0) is 30.0 Å². The molecule has 2 aliphatic rings. The molecule has 2 aliphatic heterocycles. The lowest BCUT2D eigenvalue weighted by Crippen LogP contribution is -2.43. The molecule has 5 rings (SSSR count). The highest BCUT2D eigenvalue weighted by Gasteiger charge is 2.49. The number of benzene rings is 2. The molecule has 2 aromatic carbocycles. The Kier molecular flexibility index (Phi) is 5.67. The summed E-state index contributed by atoms with van der Waals surface area (Å²) >= 11 is 0. The summed E-state index contributed by atoms with van der Waals surface area (Å²) < 4.78 is 0. The minimum atomic E-state index is -1.03. The van der Waals surface area contributed by atoms with E-state index >= 15 is 0 Å². The van der Waals surface area contributed by atoms with E-state index < -0.39 is 5.54 Å². The maximum absolute atomic E-state index is 13.8. The fraction of sp³-hybridized carbons (Fsp3) is 0.333. The lowest BCUT2D eigenvalue weighted by Gasteiger charge is -2.28. The van der Waals surface area contributed by atoms with Crippen molar-refractivity contribution < 1.29 is 9.59 Å². The monoisotopic (exact) mass is 470 g/mol. The number of nitrogens with one attached hydrogen (secondary N) is 1. The summed E-state index contributed by atoms with van der Waals surface area (Å²) in [4.78, 5) is 42.7. The van der Waals surface area contributed by atoms with E-state index in [0.29, 0.717) is 25.1 Å². The second kappa shape index (κ2) is 8.69. The lowest BCUT2D eigenvalue weighted by molar-refractivity contribution is -0.132. The van der Waals surface area contributed by atoms with E-state index in [1.807, 2.05) is 55.5 Å². The third-order valence-corrected chi connectivity index (χ3v) is 6.61. The average Bonchev–Trinajstić information content (AvgIpc) is 3.45. The maximum atomic E-state index is 13.8. The summed E-state index contributed by atoms with van der Waals surface area (Å²) in [5.74, 6) is 1.11. The number of amides is 2. The van der Waals surface area contributed by atoms with Gasteiger partial charge in [-0.05, 0) is 42.5 Å². The number of nitrogens with two attached hydrogens (primary N) is 1. The molecule has 0 fully saturated rings. The number of fused-ring (bicyclic) bond motifs is 1. The highest BCUT2D eigenvalue weighted by atomic mass is 16.2. The first-order valence-corrected chi connectivity index (χ1v) is 11.9. The molecule has 0 aliphatic carbocycles. The summed E-state index contributed by atoms with van der Waals surface area (Å²) in [7, 11) is 0. The molecule has 0 spiro atoms. The van der Waals surface area contributed by atoms with Crippen LogP contribution in [0.15, 0.2) is 59.6 Å². The van der Waals surface area contributed by atoms with E-state index in [0.717, 1.165) is 28.3 Å². The van der Waals surface area contributed by atoms with Crippen molar-refractivity contribution in [2.75, 3.05) is 0 Å². The lowest BCUT2D eigenvalue weighted by atomic mass is 9.82. The van der Waals surface area contributed by atoms with Gasteiger partial charge in [-0.2, -0.15) is 0 Å². The third kappa shape index (κ3) is 4.09. The van der Waals surface area contributed by atoms with Gasteiger partial charge in [-0.3, -0.25) is 14.5 Å². The van der Waals surface area contributed by atoms with Crippen molar-refractivity contribution in [1.29, 1.82) is 0 Å². The first-order valence-electron chi connectivity index (χ1n) is 11.9. The van der Waals surface area contributed by atoms with Crippen LogP contribution in [0.1, 0.15) is 59.0 Å². The first kappa shape index (κ1) is 22.8. The summed E-state index contributed by atoms with van der Waals surface area (Å²) in [5.41, 5.74) is 9.43. The van der Waals surface area contributed by atoms with Gasteiger partial charge in [0.2, 0.25) is 0 Å². The number of nitrogens with zero attached hydrogens (tertiary/aromatic N) is 4. The third-order valence-electron chi connectivity index (χ3n) is 6.61. The molecule has 1 aromatic heterocycles. The van der Waals surface area contributed by atoms with Crippen LogP contribution in [0.3, 0.4) is 0 Å². The molecule has 35 heavy (non-hydrogen) atoms. The molecule has 8 nitrogen and oxygen atoms in total. The van der Waals surface area contributed by atoms with Gasteiger partial charge in [0.05, 0.1) is 31.0 Å². The van der Waals surface area contributed by atoms with Gasteiger partial charge in [-0.15, -0.1) is 0 Å². The van der Waals surface area contributed by atoms with Gasteiger partial charge in [0.25, 0.3) is 11.8 Å². The van der Waals surface area contributed by atoms with E-state index in [-0.39, 0.29) is 30.2 Å². The number of guanidine groups is 1. The molecule has 8 heteroatoms. The van der Waals surface area contributed by atoms with Crippen molar-refractivity contribution in [2.45, 2.75) is 52.4 Å². The smallest absolute Gasteiger partial charge is 0.262 e. The number of hydrogen-bond acceptors (Lipinski definition) is 5. The van der Waals surface area contributed by atoms with Crippen molar-refractivity contribution in [3.8, 4) is 0 Å². The number of carbonyl (C=O) groups excluding carboxylic acids is 2. The van der Waals surface area contributed by atoms with E-state index in [4.69, 9.17) is 10.7 Å². The summed E-state index contributed by atoms with van der Waals surface area (Å²) in [6.07, 6.45) is 0.564. The molecular weight excluding hydrogens is 440 g/mol. The second-order valence-electron chi connectivity index (χ2n) is 9.79. The number of aromatic amines is 1. The number of hydrogen-bond donors (Lipinski definition) is 2. The molecule has 3 heterocycles. The van der Waals surface area contributed by atoms with Crippen molar-refractivity contribution in [3.63, 3.8) is 0 Å². The SMILES string of the molecule is Cc1nc2c([nH]1)CN(C(=O)c1cccc(CN3C(=O)C(CC(C)C)(c4ccccc4)N=C3N)c1)C2. The number of rotatable bonds is 6. The van der Waals surface area contributed by atoms with Crippen LogP contribution in [0.25, 0.3) is 0 Å². The van der Waals surface area contributed by atoms with Crippen LogP contribution in [0.4, 0.5) is 0 Å². The molecule has 0 saturated carbocycles. The molecule has 3 N–H and O–H groups in total. The minimum Gasteiger partial charge on any atom is -0.369 e. The fourth-order valence-corrected chi connectivity index (χ4v) is 5.12. The number of H-pyrrole nitrogens is 1. The normalized spacial score (nSPS) is 19.4. The predicted molar refractivity (Wildman–Crippen MR) is 133 cm³/mol. The number of imidazole rings is 1. The Labute approximate surface area is 204 Å². The Balaban J connectivity index is 1.37. The standard InChI is InChI=1S/C27H30N6O2/c1-17(2)13-27(21-10-5-4-6-11-21)25(35)33(26(28)31-27)14-19-8-7-9-20(12-19)24(34)32-15-22-23(16-32)30-18(3)29-22/h4-12,17H,13-16H2,1-3H3,(H2,28,31)(H,29,30). The topological polar surface area (TPSA) is 108 Å². The van der Waals surface area contributed by atoms with E-state index in [1.54, 1.807) is 11.0 Å². The van der Waals surface area contributed by atoms with Crippen LogP contribution >= 0.6 is 0 Å². The largest absolute Gasteiger partial charge is 0.369 e. The van der Waals surface area contributed by atoms with Crippen LogP contribution < -0.4 is 5.73 Å². The molecule has 1 unspecified atom stereocenters. The van der Waals surface area contributed by atoms with Crippen LogP contribution in [0, 0.1) is 12.8 Å². The first-order chi connectivity index (χ1) is 16.8. The highest BCUT2D eigenvalue weighted by Crippen LogP contribution is 2.39. The maximum Gasteiger partial charge on any atom is 0.262 e. The molecule has 180 valence electrons. The number of aliphatic imine (C=N–C) groups is 1. The Morgan fingerprint density at radius 2 is 1.91 bits per heavy atom. The van der Waals surface area contributed by atoms with E-state index in [9.17, 15) is 9.59 Å². The average molecular weight is 471 g/mol. The number of aryl methyl sites for hydroxylation is 1. The molecule has 0 saturated heterocycles. The van der Waals surface area contributed by atoms with Crippen molar-refractivity contribution in [2.24, 2.45) is 16.6 Å². The van der Waals surface area contributed by atoms with Crippen molar-refractivity contribution in [1.82, 2.24) is 19.8 Å². The zero-order valence-electron chi connectivity index (χ0n) is 20.3. The quantitative estimate of drug-likeness (QED) is 0.575. The van der Waals surface area contributed by atoms with E-state index in [1.165, 1.54) is 4.90 Å². The van der Waals surface area contributed by atoms with Gasteiger partial charge < -0.3 is 15.6 Å². The summed E-state index contributed by atoms with van der Waals surface area (Å²) in [6.45, 7) is 7.32. The predicted octanol–water partition coefficient (Wildman–Crippen LogP) is 3.47. The van der Waals surface area contributed by atoms with E-state index in [2.05, 4.69) is 23.8 Å². The van der Waals surface area contributed by atoms with Crippen molar-refractivity contribution >= 4 is 17.8 Å². The Hall–Kier alpha value is -3.94. The summed E-state index contributed by atoms with van der Waals surface area (Å²) in [5, 5.41) is 0. The zero-order valence-corrected chi connectivity index (χ0v) is 20.3. The van der Waals surface area contributed by atoms with Crippen LogP contribution in [-0.4, -0.2) is 37.5 Å². The minimum absolute atomic E-state index is 0.0660. The van der Waals surface area contributed by atoms with Crippen molar-refractivity contribution in [3.05, 3.63) is 88.5 Å². The highest BCUT2D eigenvalue weighted by molar-refractivity contribution is 6.07. The molecule has 0 radical (unpaired) electrons. The van der Waals surface area contributed by atoms with Gasteiger partial charge in [0.1, 0.15) is 5.82 Å². The zero-order chi connectivity index (χ0) is 24.7. The summed E-state index contributed by atoms with van der Waals surface area (Å²) in [6, 6.07) is 17.0. The molecule has 0 bridgehead atoms. The molecule has 1 atom stereocenters. The van der Waals surface area contributed by atoms with Gasteiger partial charge in [-0.1, -0.05) is 56.3 Å². The number of carbonyl (C=O) groups is 2. The number of aromatic nitrogens is 2. The molecule has 2 amide bonds. The van der Waals surface area contributed by atoms with Crippen LogP contribution in [0.5, 0.6) is 0 Å². The van der Waals surface area contributed by atoms with Gasteiger partial charge in [0.15, 0.2) is 11.5 Å². The Morgan fingerprint density at radius 3 is 2.63 bits per heavy atom. The van der Waals surface area contributed by atoms with Gasteiger partial charge in [-0.25, -0.2) is 9.98 Å². The Bertz CT molecular complexity index is 1290. The van der Waals surface area contributed by atoms with Gasteiger partial charge in [0, 0.05) is 5.56 Å².